The minimum atomic E-state index is -0.434. The molecule has 0 atom stereocenters. The van der Waals surface area contributed by atoms with E-state index in [4.69, 9.17) is 9.47 Å². The Kier molecular flexibility index (Phi) is 3.04. The maximum absolute atomic E-state index is 5.66. The highest BCUT2D eigenvalue weighted by Crippen LogP contribution is 2.26. The quantitative estimate of drug-likeness (QED) is 0.871. The molecule has 1 saturated heterocycles. The first-order valence-corrected chi connectivity index (χ1v) is 6.79. The van der Waals surface area contributed by atoms with Gasteiger partial charge >= 0.3 is 0 Å². The van der Waals surface area contributed by atoms with Crippen LogP contribution < -0.4 is 5.32 Å². The van der Waals surface area contributed by atoms with Crippen LogP contribution in [0, 0.1) is 0 Å². The fraction of sp³-hybridized carbons (Fsp3) is 0.600. The molecule has 2 aliphatic rings. The van der Waals surface area contributed by atoms with Crippen LogP contribution in [0.4, 0.5) is 5.69 Å². The Morgan fingerprint density at radius 3 is 2.61 bits per heavy atom. The second-order valence-electron chi connectivity index (χ2n) is 5.70. The molecule has 98 valence electrons. The van der Waals surface area contributed by atoms with Crippen LogP contribution in [0.25, 0.3) is 0 Å². The molecule has 3 nitrogen and oxygen atoms in total. The summed E-state index contributed by atoms with van der Waals surface area (Å²) in [4.78, 5) is 0. The molecule has 1 aromatic carbocycles. The van der Waals surface area contributed by atoms with E-state index in [0.29, 0.717) is 13.2 Å². The molecule has 1 aromatic rings. The summed E-state index contributed by atoms with van der Waals surface area (Å²) in [5, 5.41) is 3.50. The fourth-order valence-electron chi connectivity index (χ4n) is 2.67. The maximum atomic E-state index is 5.66. The first-order chi connectivity index (χ1) is 8.62. The van der Waals surface area contributed by atoms with Crippen molar-refractivity contribution in [1.29, 1.82) is 0 Å². The fourth-order valence-corrected chi connectivity index (χ4v) is 2.67. The molecule has 3 heteroatoms. The Morgan fingerprint density at radius 2 is 1.83 bits per heavy atom. The summed E-state index contributed by atoms with van der Waals surface area (Å²) in [7, 11) is 0. The number of ether oxygens (including phenoxy) is 2. The van der Waals surface area contributed by atoms with Crippen molar-refractivity contribution in [3.8, 4) is 0 Å². The Hall–Kier alpha value is -1.06. The van der Waals surface area contributed by atoms with Crippen molar-refractivity contribution in [2.45, 2.75) is 44.9 Å². The van der Waals surface area contributed by atoms with Crippen LogP contribution in [0.2, 0.25) is 0 Å². The Balaban J connectivity index is 1.63. The maximum Gasteiger partial charge on any atom is 0.162 e. The molecule has 18 heavy (non-hydrogen) atoms. The van der Waals surface area contributed by atoms with Crippen molar-refractivity contribution in [2.75, 3.05) is 18.5 Å². The van der Waals surface area contributed by atoms with Crippen molar-refractivity contribution in [2.24, 2.45) is 0 Å². The van der Waals surface area contributed by atoms with E-state index in [9.17, 15) is 0 Å². The van der Waals surface area contributed by atoms with Crippen LogP contribution in [0.15, 0.2) is 18.2 Å². The van der Waals surface area contributed by atoms with Gasteiger partial charge < -0.3 is 14.8 Å². The zero-order chi connectivity index (χ0) is 12.6. The smallest absolute Gasteiger partial charge is 0.162 e. The number of aryl methyl sites for hydroxylation is 2. The van der Waals surface area contributed by atoms with E-state index in [2.05, 4.69) is 23.5 Å². The SMILES string of the molecule is CC1(C)OCC(Nc2ccc3c(c2)CCC3)CO1. The topological polar surface area (TPSA) is 30.5 Å². The molecule has 0 bridgehead atoms. The van der Waals surface area contributed by atoms with Crippen molar-refractivity contribution < 1.29 is 9.47 Å². The average molecular weight is 247 g/mol. The first-order valence-electron chi connectivity index (χ1n) is 6.79. The summed E-state index contributed by atoms with van der Waals surface area (Å²) in [6.45, 7) is 5.31. The van der Waals surface area contributed by atoms with Gasteiger partial charge in [-0.2, -0.15) is 0 Å². The summed E-state index contributed by atoms with van der Waals surface area (Å²) >= 11 is 0. The second kappa shape index (κ2) is 4.56. The lowest BCUT2D eigenvalue weighted by Gasteiger charge is -2.35. The Labute approximate surface area is 108 Å². The van der Waals surface area contributed by atoms with Gasteiger partial charge in [0, 0.05) is 5.69 Å². The summed E-state index contributed by atoms with van der Waals surface area (Å²) < 4.78 is 11.3. The molecule has 0 spiro atoms. The van der Waals surface area contributed by atoms with E-state index in [1.165, 1.54) is 36.1 Å². The summed E-state index contributed by atoms with van der Waals surface area (Å²) in [6, 6.07) is 6.95. The summed E-state index contributed by atoms with van der Waals surface area (Å²) in [6.07, 6.45) is 3.75. The minimum absolute atomic E-state index is 0.248. The predicted octanol–water partition coefficient (Wildman–Crippen LogP) is 2.74. The van der Waals surface area contributed by atoms with Gasteiger partial charge in [-0.3, -0.25) is 0 Å². The van der Waals surface area contributed by atoms with Crippen LogP contribution in [0.5, 0.6) is 0 Å². The van der Waals surface area contributed by atoms with Gasteiger partial charge in [-0.25, -0.2) is 0 Å². The number of nitrogens with one attached hydrogen (secondary N) is 1. The number of benzene rings is 1. The van der Waals surface area contributed by atoms with Gasteiger partial charge in [-0.1, -0.05) is 6.07 Å². The molecular weight excluding hydrogens is 226 g/mol. The molecule has 1 fully saturated rings. The Bertz CT molecular complexity index is 432. The molecule has 0 aromatic heterocycles. The van der Waals surface area contributed by atoms with Crippen molar-refractivity contribution in [3.05, 3.63) is 29.3 Å². The number of hydrogen-bond donors (Lipinski definition) is 1. The lowest BCUT2D eigenvalue weighted by molar-refractivity contribution is -0.247. The Morgan fingerprint density at radius 1 is 1.11 bits per heavy atom. The number of anilines is 1. The van der Waals surface area contributed by atoms with Crippen LogP contribution >= 0.6 is 0 Å². The highest BCUT2D eigenvalue weighted by molar-refractivity contribution is 5.50. The molecule has 1 heterocycles. The van der Waals surface area contributed by atoms with E-state index < -0.39 is 5.79 Å². The van der Waals surface area contributed by atoms with Gasteiger partial charge in [0.1, 0.15) is 0 Å². The molecule has 1 aliphatic carbocycles. The van der Waals surface area contributed by atoms with Crippen molar-refractivity contribution in [1.82, 2.24) is 0 Å². The number of fused-ring (bicyclic) bond motifs is 1. The predicted molar refractivity (Wildman–Crippen MR) is 71.9 cm³/mol. The summed E-state index contributed by atoms with van der Waals surface area (Å²) in [5.74, 6) is -0.434. The monoisotopic (exact) mass is 247 g/mol. The van der Waals surface area contributed by atoms with Crippen LogP contribution in [0.3, 0.4) is 0 Å². The largest absolute Gasteiger partial charge is 0.378 e. The molecule has 1 aliphatic heterocycles. The molecule has 0 radical (unpaired) electrons. The van der Waals surface area contributed by atoms with Gasteiger partial charge in [0.25, 0.3) is 0 Å². The van der Waals surface area contributed by atoms with Crippen molar-refractivity contribution in [3.63, 3.8) is 0 Å². The normalized spacial score (nSPS) is 22.8. The van der Waals surface area contributed by atoms with Gasteiger partial charge in [-0.15, -0.1) is 0 Å². The third kappa shape index (κ3) is 2.52. The lowest BCUT2D eigenvalue weighted by Crippen LogP contribution is -2.45. The van der Waals surface area contributed by atoms with Crippen molar-refractivity contribution >= 4 is 5.69 Å². The number of hydrogen-bond acceptors (Lipinski definition) is 3. The molecule has 0 unspecified atom stereocenters. The molecule has 0 saturated carbocycles. The number of rotatable bonds is 2. The minimum Gasteiger partial charge on any atom is -0.378 e. The van der Waals surface area contributed by atoms with E-state index in [0.717, 1.165) is 0 Å². The lowest BCUT2D eigenvalue weighted by atomic mass is 10.1. The van der Waals surface area contributed by atoms with E-state index in [-0.39, 0.29) is 6.04 Å². The highest BCUT2D eigenvalue weighted by atomic mass is 16.7. The van der Waals surface area contributed by atoms with E-state index >= 15 is 0 Å². The first kappa shape index (κ1) is 12.0. The summed E-state index contributed by atoms with van der Waals surface area (Å²) in [5.41, 5.74) is 4.20. The third-order valence-electron chi connectivity index (χ3n) is 3.73. The van der Waals surface area contributed by atoms with E-state index in [1.807, 2.05) is 13.8 Å². The van der Waals surface area contributed by atoms with E-state index in [1.54, 1.807) is 0 Å². The molecule has 0 amide bonds. The van der Waals surface area contributed by atoms with Crippen LogP contribution in [-0.2, 0) is 22.3 Å². The third-order valence-corrected chi connectivity index (χ3v) is 3.73. The average Bonchev–Trinajstić information content (AvgIpc) is 2.79. The molecule has 3 rings (SSSR count). The molecular formula is C15H21NO2. The van der Waals surface area contributed by atoms with Gasteiger partial charge in [-0.05, 0) is 56.4 Å². The van der Waals surface area contributed by atoms with Gasteiger partial charge in [0.2, 0.25) is 0 Å². The van der Waals surface area contributed by atoms with Gasteiger partial charge in [0.05, 0.1) is 19.3 Å². The zero-order valence-corrected chi connectivity index (χ0v) is 11.2. The highest BCUT2D eigenvalue weighted by Gasteiger charge is 2.28. The standard InChI is InChI=1S/C15H21NO2/c1-15(2)17-9-14(10-18-15)16-13-7-6-11-4-3-5-12(11)8-13/h6-8,14,16H,3-5,9-10H2,1-2H3. The van der Waals surface area contributed by atoms with Crippen LogP contribution in [0.1, 0.15) is 31.4 Å². The zero-order valence-electron chi connectivity index (χ0n) is 11.2. The second-order valence-corrected chi connectivity index (χ2v) is 5.70. The molecule has 1 N–H and O–H groups in total. The van der Waals surface area contributed by atoms with Crippen LogP contribution in [-0.4, -0.2) is 25.0 Å². The van der Waals surface area contributed by atoms with Gasteiger partial charge in [0.15, 0.2) is 5.79 Å².